The lowest BCUT2D eigenvalue weighted by Crippen LogP contribution is -2.60. The van der Waals surface area contributed by atoms with Crippen LogP contribution in [0.1, 0.15) is 12.5 Å². The highest BCUT2D eigenvalue weighted by Gasteiger charge is 2.33. The average molecular weight is 269 g/mol. The fourth-order valence-electron chi connectivity index (χ4n) is 2.13. The van der Waals surface area contributed by atoms with Crippen LogP contribution in [0.5, 0.6) is 0 Å². The van der Waals surface area contributed by atoms with Crippen LogP contribution in [0.25, 0.3) is 0 Å². The molecule has 1 aliphatic heterocycles. The molecule has 0 saturated carbocycles. The Bertz CT molecular complexity index is 464. The van der Waals surface area contributed by atoms with Crippen molar-refractivity contribution < 1.29 is 9.90 Å². The predicted molar refractivity (Wildman–Crippen MR) is 72.0 cm³/mol. The summed E-state index contributed by atoms with van der Waals surface area (Å²) in [7, 11) is 0. The molecule has 0 bridgehead atoms. The summed E-state index contributed by atoms with van der Waals surface area (Å²) in [5, 5.41) is 12.8. The summed E-state index contributed by atoms with van der Waals surface area (Å²) in [6.07, 6.45) is 0. The van der Waals surface area contributed by atoms with E-state index in [1.165, 1.54) is 0 Å². The molecular formula is C13H17ClN2O2. The largest absolute Gasteiger partial charge is 0.394 e. The summed E-state index contributed by atoms with van der Waals surface area (Å²) < 4.78 is 0. The number of benzene rings is 1. The van der Waals surface area contributed by atoms with Crippen molar-refractivity contribution in [3.8, 4) is 0 Å². The minimum absolute atomic E-state index is 0.0408. The molecule has 98 valence electrons. The Kier molecular flexibility index (Phi) is 3.90. The fraction of sp³-hybridized carbons (Fsp3) is 0.462. The Morgan fingerprint density at radius 3 is 2.89 bits per heavy atom. The van der Waals surface area contributed by atoms with Crippen molar-refractivity contribution in [2.45, 2.75) is 25.9 Å². The average Bonchev–Trinajstić information content (AvgIpc) is 2.34. The van der Waals surface area contributed by atoms with Gasteiger partial charge in [-0.3, -0.25) is 4.79 Å². The quantitative estimate of drug-likeness (QED) is 0.851. The number of rotatable bonds is 2. The second-order valence-electron chi connectivity index (χ2n) is 4.63. The van der Waals surface area contributed by atoms with Crippen LogP contribution in [-0.4, -0.2) is 36.2 Å². The number of aliphatic hydroxyl groups is 1. The van der Waals surface area contributed by atoms with Crippen LogP contribution in [0, 0.1) is 6.92 Å². The van der Waals surface area contributed by atoms with Crippen LogP contribution in [0.3, 0.4) is 0 Å². The molecule has 0 aromatic heterocycles. The van der Waals surface area contributed by atoms with Crippen LogP contribution in [-0.2, 0) is 4.79 Å². The molecular weight excluding hydrogens is 252 g/mol. The molecule has 4 nitrogen and oxygen atoms in total. The summed E-state index contributed by atoms with van der Waals surface area (Å²) in [4.78, 5) is 13.9. The number of hydrogen-bond acceptors (Lipinski definition) is 3. The maximum atomic E-state index is 12.2. The van der Waals surface area contributed by atoms with Crippen molar-refractivity contribution in [3.05, 3.63) is 28.8 Å². The lowest BCUT2D eigenvalue weighted by molar-refractivity contribution is -0.123. The highest BCUT2D eigenvalue weighted by atomic mass is 35.5. The first-order valence-corrected chi connectivity index (χ1v) is 6.36. The Labute approximate surface area is 112 Å². The van der Waals surface area contributed by atoms with Gasteiger partial charge in [0, 0.05) is 23.3 Å². The van der Waals surface area contributed by atoms with Gasteiger partial charge in [0.1, 0.15) is 6.04 Å². The number of aryl methyl sites for hydroxylation is 1. The van der Waals surface area contributed by atoms with E-state index in [2.05, 4.69) is 5.32 Å². The third-order valence-corrected chi connectivity index (χ3v) is 3.66. The molecule has 1 fully saturated rings. The topological polar surface area (TPSA) is 52.6 Å². The number of piperazine rings is 1. The number of halogens is 1. The molecule has 1 aliphatic rings. The molecule has 2 atom stereocenters. The van der Waals surface area contributed by atoms with Gasteiger partial charge in [-0.05, 0) is 31.5 Å². The van der Waals surface area contributed by atoms with E-state index in [1.807, 2.05) is 26.0 Å². The zero-order chi connectivity index (χ0) is 13.3. The first-order valence-electron chi connectivity index (χ1n) is 5.98. The molecule has 1 heterocycles. The monoisotopic (exact) mass is 268 g/mol. The Morgan fingerprint density at radius 1 is 1.56 bits per heavy atom. The Hall–Kier alpha value is -1.10. The normalized spacial score (nSPS) is 24.4. The maximum Gasteiger partial charge on any atom is 0.246 e. The molecule has 1 amide bonds. The molecule has 0 aliphatic carbocycles. The van der Waals surface area contributed by atoms with Crippen molar-refractivity contribution in [1.82, 2.24) is 5.32 Å². The molecule has 2 N–H and O–H groups in total. The second-order valence-corrected chi connectivity index (χ2v) is 5.04. The SMILES string of the molecule is Cc1ccc(N2C(=O)C(CO)NCC2C)cc1Cl. The van der Waals surface area contributed by atoms with Gasteiger partial charge in [0.2, 0.25) is 5.91 Å². The van der Waals surface area contributed by atoms with Gasteiger partial charge in [0.05, 0.1) is 6.61 Å². The van der Waals surface area contributed by atoms with Gasteiger partial charge in [0.15, 0.2) is 0 Å². The van der Waals surface area contributed by atoms with E-state index in [1.54, 1.807) is 11.0 Å². The number of carbonyl (C=O) groups excluding carboxylic acids is 1. The highest BCUT2D eigenvalue weighted by Crippen LogP contribution is 2.26. The van der Waals surface area contributed by atoms with Crippen molar-refractivity contribution in [2.24, 2.45) is 0 Å². The number of hydrogen-bond donors (Lipinski definition) is 2. The van der Waals surface area contributed by atoms with Crippen molar-refractivity contribution >= 4 is 23.2 Å². The van der Waals surface area contributed by atoms with Gasteiger partial charge in [-0.2, -0.15) is 0 Å². The van der Waals surface area contributed by atoms with Crippen molar-refractivity contribution in [2.75, 3.05) is 18.1 Å². The minimum Gasteiger partial charge on any atom is -0.394 e. The minimum atomic E-state index is -0.527. The third-order valence-electron chi connectivity index (χ3n) is 3.25. The van der Waals surface area contributed by atoms with E-state index in [4.69, 9.17) is 11.6 Å². The van der Waals surface area contributed by atoms with E-state index < -0.39 is 6.04 Å². The van der Waals surface area contributed by atoms with Crippen LogP contribution in [0.4, 0.5) is 5.69 Å². The number of amides is 1. The second kappa shape index (κ2) is 5.26. The number of aliphatic hydroxyl groups excluding tert-OH is 1. The zero-order valence-electron chi connectivity index (χ0n) is 10.5. The Balaban J connectivity index is 2.34. The van der Waals surface area contributed by atoms with E-state index in [9.17, 15) is 9.90 Å². The predicted octanol–water partition coefficient (Wildman–Crippen LogP) is 1.33. The summed E-state index contributed by atoms with van der Waals surface area (Å²) in [6, 6.07) is 5.09. The molecule has 1 aromatic rings. The van der Waals surface area contributed by atoms with Gasteiger partial charge < -0.3 is 15.3 Å². The van der Waals surface area contributed by atoms with Gasteiger partial charge in [0.25, 0.3) is 0 Å². The van der Waals surface area contributed by atoms with Crippen LogP contribution < -0.4 is 10.2 Å². The fourth-order valence-corrected chi connectivity index (χ4v) is 2.31. The summed E-state index contributed by atoms with van der Waals surface area (Å²) in [6.45, 7) is 4.35. The van der Waals surface area contributed by atoms with Crippen LogP contribution in [0.2, 0.25) is 5.02 Å². The molecule has 2 rings (SSSR count). The number of nitrogens with zero attached hydrogens (tertiary/aromatic N) is 1. The molecule has 18 heavy (non-hydrogen) atoms. The lowest BCUT2D eigenvalue weighted by Gasteiger charge is -2.37. The molecule has 2 unspecified atom stereocenters. The first-order chi connectivity index (χ1) is 8.54. The van der Waals surface area contributed by atoms with Crippen molar-refractivity contribution in [1.29, 1.82) is 0 Å². The van der Waals surface area contributed by atoms with E-state index in [-0.39, 0.29) is 18.6 Å². The van der Waals surface area contributed by atoms with Gasteiger partial charge in [-0.15, -0.1) is 0 Å². The maximum absolute atomic E-state index is 12.2. The van der Waals surface area contributed by atoms with E-state index >= 15 is 0 Å². The van der Waals surface area contributed by atoms with Crippen LogP contribution >= 0.6 is 11.6 Å². The van der Waals surface area contributed by atoms with Gasteiger partial charge >= 0.3 is 0 Å². The molecule has 1 saturated heterocycles. The molecule has 0 radical (unpaired) electrons. The van der Waals surface area contributed by atoms with Gasteiger partial charge in [-0.25, -0.2) is 0 Å². The molecule has 1 aromatic carbocycles. The smallest absolute Gasteiger partial charge is 0.246 e. The molecule has 5 heteroatoms. The first kappa shape index (κ1) is 13.3. The summed E-state index contributed by atoms with van der Waals surface area (Å²) in [5.41, 5.74) is 1.76. The van der Waals surface area contributed by atoms with E-state index in [0.29, 0.717) is 11.6 Å². The number of nitrogens with one attached hydrogen (secondary N) is 1. The van der Waals surface area contributed by atoms with Crippen LogP contribution in [0.15, 0.2) is 18.2 Å². The van der Waals surface area contributed by atoms with Crippen molar-refractivity contribution in [3.63, 3.8) is 0 Å². The molecule has 0 spiro atoms. The Morgan fingerprint density at radius 2 is 2.28 bits per heavy atom. The van der Waals surface area contributed by atoms with E-state index in [0.717, 1.165) is 11.3 Å². The highest BCUT2D eigenvalue weighted by molar-refractivity contribution is 6.31. The number of carbonyl (C=O) groups is 1. The van der Waals surface area contributed by atoms with Gasteiger partial charge in [-0.1, -0.05) is 17.7 Å². The summed E-state index contributed by atoms with van der Waals surface area (Å²) in [5.74, 6) is -0.115. The lowest BCUT2D eigenvalue weighted by atomic mass is 10.1. The summed E-state index contributed by atoms with van der Waals surface area (Å²) >= 11 is 6.10. The zero-order valence-corrected chi connectivity index (χ0v) is 11.2. The standard InChI is InChI=1S/C13H17ClN2O2/c1-8-3-4-10(5-11(8)14)16-9(2)6-15-12(7-17)13(16)18/h3-5,9,12,15,17H,6-7H2,1-2H3. The third kappa shape index (κ3) is 2.36. The number of anilines is 1.